The van der Waals surface area contributed by atoms with Crippen LogP contribution in [0.2, 0.25) is 0 Å². The van der Waals surface area contributed by atoms with Gasteiger partial charge in [0.05, 0.1) is 31.4 Å². The lowest BCUT2D eigenvalue weighted by atomic mass is 10.1. The van der Waals surface area contributed by atoms with Crippen molar-refractivity contribution in [2.24, 2.45) is 0 Å². The second-order valence-electron chi connectivity index (χ2n) is 2.98. The lowest BCUT2D eigenvalue weighted by Crippen LogP contribution is -1.93. The van der Waals surface area contributed by atoms with Crippen LogP contribution in [0.5, 0.6) is 11.5 Å². The van der Waals surface area contributed by atoms with Crippen LogP contribution in [0.1, 0.15) is 10.4 Å². The summed E-state index contributed by atoms with van der Waals surface area (Å²) in [4.78, 5) is 10.9. The Bertz CT molecular complexity index is 499. The summed E-state index contributed by atoms with van der Waals surface area (Å²) >= 11 is 0. The maximum Gasteiger partial charge on any atom is 0.157 e. The maximum absolute atomic E-state index is 10.9. The number of carbonyl (C=O) groups excluding carboxylic acids is 1. The van der Waals surface area contributed by atoms with E-state index in [1.54, 1.807) is 19.2 Å². The van der Waals surface area contributed by atoms with E-state index in [0.717, 1.165) is 5.39 Å². The van der Waals surface area contributed by atoms with Gasteiger partial charge in [-0.05, 0) is 6.07 Å². The fourth-order valence-electron chi connectivity index (χ4n) is 1.55. The number of ether oxygens (including phenoxy) is 2. The van der Waals surface area contributed by atoms with E-state index in [1.165, 1.54) is 13.4 Å². The van der Waals surface area contributed by atoms with Crippen LogP contribution in [-0.2, 0) is 0 Å². The van der Waals surface area contributed by atoms with Crippen LogP contribution in [0.25, 0.3) is 11.0 Å². The first-order chi connectivity index (χ1) is 7.31. The molecule has 0 spiro atoms. The molecule has 0 amide bonds. The number of hydrogen-bond acceptors (Lipinski definition) is 4. The van der Waals surface area contributed by atoms with Gasteiger partial charge in [0.15, 0.2) is 11.9 Å². The molecule has 15 heavy (non-hydrogen) atoms. The molecule has 0 aliphatic carbocycles. The number of aldehydes is 1. The topological polar surface area (TPSA) is 48.7 Å². The van der Waals surface area contributed by atoms with E-state index in [2.05, 4.69) is 0 Å². The minimum Gasteiger partial charge on any atom is -0.496 e. The molecule has 0 radical (unpaired) electrons. The number of hydrogen-bond donors (Lipinski definition) is 0. The molecule has 1 aromatic carbocycles. The summed E-state index contributed by atoms with van der Waals surface area (Å²) in [7, 11) is 3.05. The quantitative estimate of drug-likeness (QED) is 0.723. The van der Waals surface area contributed by atoms with Gasteiger partial charge in [-0.25, -0.2) is 0 Å². The Balaban J connectivity index is 2.84. The van der Waals surface area contributed by atoms with Gasteiger partial charge in [0, 0.05) is 6.07 Å². The van der Waals surface area contributed by atoms with Crippen molar-refractivity contribution in [1.82, 2.24) is 0 Å². The van der Waals surface area contributed by atoms with E-state index in [0.29, 0.717) is 28.9 Å². The summed E-state index contributed by atoms with van der Waals surface area (Å²) in [5, 5.41) is 0.764. The largest absolute Gasteiger partial charge is 0.496 e. The predicted octanol–water partition coefficient (Wildman–Crippen LogP) is 2.26. The molecule has 0 fully saturated rings. The number of carbonyl (C=O) groups is 1. The van der Waals surface area contributed by atoms with Crippen molar-refractivity contribution >= 4 is 17.3 Å². The number of furan rings is 1. The molecule has 4 heteroatoms. The van der Waals surface area contributed by atoms with Crippen molar-refractivity contribution in [3.8, 4) is 11.5 Å². The van der Waals surface area contributed by atoms with Crippen LogP contribution in [0.4, 0.5) is 0 Å². The van der Waals surface area contributed by atoms with Gasteiger partial charge in [-0.15, -0.1) is 0 Å². The van der Waals surface area contributed by atoms with E-state index >= 15 is 0 Å². The maximum atomic E-state index is 10.9. The molecule has 0 saturated heterocycles. The van der Waals surface area contributed by atoms with Crippen LogP contribution >= 0.6 is 0 Å². The first-order valence-electron chi connectivity index (χ1n) is 4.39. The molecular weight excluding hydrogens is 196 g/mol. The van der Waals surface area contributed by atoms with Gasteiger partial charge < -0.3 is 13.9 Å². The summed E-state index contributed by atoms with van der Waals surface area (Å²) in [6, 6.07) is 3.42. The van der Waals surface area contributed by atoms with Crippen LogP contribution < -0.4 is 9.47 Å². The third-order valence-electron chi connectivity index (χ3n) is 2.26. The van der Waals surface area contributed by atoms with E-state index < -0.39 is 0 Å². The molecular formula is C11H10O4. The van der Waals surface area contributed by atoms with E-state index in [9.17, 15) is 4.79 Å². The summed E-state index contributed by atoms with van der Waals surface area (Å²) in [5.41, 5.74) is 0.888. The Kier molecular flexibility index (Phi) is 2.33. The summed E-state index contributed by atoms with van der Waals surface area (Å²) < 4.78 is 15.5. The molecule has 0 atom stereocenters. The lowest BCUT2D eigenvalue weighted by Gasteiger charge is -2.07. The highest BCUT2D eigenvalue weighted by atomic mass is 16.5. The van der Waals surface area contributed by atoms with E-state index in [4.69, 9.17) is 13.9 Å². The molecule has 0 aliphatic heterocycles. The Morgan fingerprint density at radius 2 is 2.00 bits per heavy atom. The third kappa shape index (κ3) is 1.34. The van der Waals surface area contributed by atoms with Gasteiger partial charge in [0.25, 0.3) is 0 Å². The third-order valence-corrected chi connectivity index (χ3v) is 2.26. The highest BCUT2D eigenvalue weighted by Crippen LogP contribution is 2.35. The highest BCUT2D eigenvalue weighted by molar-refractivity contribution is 6.00. The lowest BCUT2D eigenvalue weighted by molar-refractivity contribution is 0.112. The number of rotatable bonds is 3. The van der Waals surface area contributed by atoms with Crippen LogP contribution in [0.15, 0.2) is 22.8 Å². The monoisotopic (exact) mass is 206 g/mol. The normalized spacial score (nSPS) is 10.3. The second-order valence-corrected chi connectivity index (χ2v) is 2.98. The fraction of sp³-hybridized carbons (Fsp3) is 0.182. The van der Waals surface area contributed by atoms with Crippen LogP contribution in [0.3, 0.4) is 0 Å². The number of fused-ring (bicyclic) bond motifs is 1. The van der Waals surface area contributed by atoms with Gasteiger partial charge in [-0.3, -0.25) is 4.79 Å². The number of benzene rings is 1. The Morgan fingerprint density at radius 1 is 1.27 bits per heavy atom. The molecule has 1 aromatic heterocycles. The van der Waals surface area contributed by atoms with Gasteiger partial charge in [-0.2, -0.15) is 0 Å². The smallest absolute Gasteiger partial charge is 0.157 e. The molecule has 4 nitrogen and oxygen atoms in total. The molecule has 0 N–H and O–H groups in total. The van der Waals surface area contributed by atoms with E-state index in [-0.39, 0.29) is 0 Å². The summed E-state index contributed by atoms with van der Waals surface area (Å²) in [6.07, 6.45) is 2.23. The SMILES string of the molecule is COc1cc(OC)c2ccoc2c1C=O. The second kappa shape index (κ2) is 3.65. The first kappa shape index (κ1) is 9.58. The van der Waals surface area contributed by atoms with Gasteiger partial charge in [0.1, 0.15) is 11.5 Å². The van der Waals surface area contributed by atoms with Crippen molar-refractivity contribution in [3.63, 3.8) is 0 Å². The molecule has 1 heterocycles. The molecule has 0 saturated carbocycles. The van der Waals surface area contributed by atoms with Crippen molar-refractivity contribution in [2.45, 2.75) is 0 Å². The Morgan fingerprint density at radius 3 is 2.60 bits per heavy atom. The van der Waals surface area contributed by atoms with E-state index in [1.807, 2.05) is 0 Å². The van der Waals surface area contributed by atoms with Crippen molar-refractivity contribution in [3.05, 3.63) is 24.0 Å². The summed E-state index contributed by atoms with van der Waals surface area (Å²) in [5.74, 6) is 1.07. The molecule has 0 aliphatic rings. The molecule has 78 valence electrons. The fourth-order valence-corrected chi connectivity index (χ4v) is 1.55. The molecule has 2 aromatic rings. The summed E-state index contributed by atoms with van der Waals surface area (Å²) in [6.45, 7) is 0. The Labute approximate surface area is 86.4 Å². The van der Waals surface area contributed by atoms with Crippen molar-refractivity contribution in [2.75, 3.05) is 14.2 Å². The van der Waals surface area contributed by atoms with Gasteiger partial charge in [-0.1, -0.05) is 0 Å². The zero-order valence-electron chi connectivity index (χ0n) is 8.44. The van der Waals surface area contributed by atoms with Crippen molar-refractivity contribution in [1.29, 1.82) is 0 Å². The minimum absolute atomic E-state index is 0.401. The van der Waals surface area contributed by atoms with Gasteiger partial charge in [0.2, 0.25) is 0 Å². The average Bonchev–Trinajstić information content (AvgIpc) is 2.75. The average molecular weight is 206 g/mol. The highest BCUT2D eigenvalue weighted by Gasteiger charge is 2.15. The van der Waals surface area contributed by atoms with Crippen molar-refractivity contribution < 1.29 is 18.7 Å². The van der Waals surface area contributed by atoms with Gasteiger partial charge >= 0.3 is 0 Å². The van der Waals surface area contributed by atoms with Crippen LogP contribution in [-0.4, -0.2) is 20.5 Å². The molecule has 0 bridgehead atoms. The minimum atomic E-state index is 0.401. The molecule has 2 rings (SSSR count). The standard InChI is InChI=1S/C11H10O4/c1-13-9-5-10(14-2)8(6-12)11-7(9)3-4-15-11/h3-6H,1-2H3. The predicted molar refractivity (Wildman–Crippen MR) is 54.7 cm³/mol. The number of methoxy groups -OCH3 is 2. The molecule has 0 unspecified atom stereocenters. The zero-order chi connectivity index (χ0) is 10.8. The van der Waals surface area contributed by atoms with Crippen LogP contribution in [0, 0.1) is 0 Å². The zero-order valence-corrected chi connectivity index (χ0v) is 8.44. The first-order valence-corrected chi connectivity index (χ1v) is 4.39. The Hall–Kier alpha value is -1.97.